The lowest BCUT2D eigenvalue weighted by Gasteiger charge is -2.65. The zero-order valence-electron chi connectivity index (χ0n) is 17.4. The predicted molar refractivity (Wildman–Crippen MR) is 114 cm³/mol. The Morgan fingerprint density at radius 1 is 1.23 bits per heavy atom. The first-order valence-electron chi connectivity index (χ1n) is 9.75. The Labute approximate surface area is 181 Å². The number of aromatic nitrogens is 1. The maximum Gasteiger partial charge on any atom is 0.256 e. The molecule has 30 heavy (non-hydrogen) atoms. The fourth-order valence-corrected chi connectivity index (χ4v) is 5.72. The Morgan fingerprint density at radius 3 is 2.53 bits per heavy atom. The normalized spacial score (nSPS) is 23.2. The van der Waals surface area contributed by atoms with E-state index >= 15 is 0 Å². The van der Waals surface area contributed by atoms with E-state index in [4.69, 9.17) is 28.0 Å². The molecule has 1 aliphatic heterocycles. The summed E-state index contributed by atoms with van der Waals surface area (Å²) in [7, 11) is 0. The van der Waals surface area contributed by atoms with Crippen molar-refractivity contribution in [1.82, 2.24) is 9.88 Å². The van der Waals surface area contributed by atoms with Crippen LogP contribution in [0.4, 0.5) is 0 Å². The zero-order valence-corrected chi connectivity index (χ0v) is 18.1. The van der Waals surface area contributed by atoms with Crippen LogP contribution in [-0.2, 0) is 6.54 Å². The lowest BCUT2D eigenvalue weighted by molar-refractivity contribution is -0.199. The van der Waals surface area contributed by atoms with Crippen molar-refractivity contribution in [2.24, 2.45) is 10.8 Å². The quantitative estimate of drug-likeness (QED) is 0.690. The van der Waals surface area contributed by atoms with E-state index < -0.39 is 0 Å². The Kier molecular flexibility index (Phi) is 4.56. The number of amides is 1. The molecule has 1 saturated carbocycles. The largest absolute Gasteiger partial charge is 0.489 e. The summed E-state index contributed by atoms with van der Waals surface area (Å²) in [5.74, 6) is 3.12. The number of terminal acetylenes is 1. The average Bonchev–Trinajstić information content (AvgIpc) is 3.00. The second kappa shape index (κ2) is 6.76. The lowest BCUT2D eigenvalue weighted by atomic mass is 9.49. The molecule has 1 amide bonds. The monoisotopic (exact) mass is 419 g/mol. The molecule has 1 aliphatic carbocycles. The fourth-order valence-electron chi connectivity index (χ4n) is 5.50. The average molecular weight is 420 g/mol. The number of halogens is 1. The van der Waals surface area contributed by atoms with Crippen molar-refractivity contribution in [2.75, 3.05) is 0 Å². The van der Waals surface area contributed by atoms with Gasteiger partial charge in [-0.05, 0) is 24.3 Å². The van der Waals surface area contributed by atoms with E-state index in [1.165, 1.54) is 0 Å². The van der Waals surface area contributed by atoms with Crippen LogP contribution in [-0.4, -0.2) is 27.9 Å². The molecule has 2 aliphatic rings. The van der Waals surface area contributed by atoms with Crippen LogP contribution < -0.4 is 4.74 Å². The van der Waals surface area contributed by atoms with Gasteiger partial charge < -0.3 is 9.64 Å². The molecule has 6 heteroatoms. The topological polar surface area (TPSA) is 66.2 Å². The number of hydrogen-bond acceptors (Lipinski definition) is 4. The molecule has 0 radical (unpaired) electrons. The van der Waals surface area contributed by atoms with Crippen molar-refractivity contribution >= 4 is 17.5 Å². The van der Waals surface area contributed by atoms with Crippen LogP contribution in [0.15, 0.2) is 30.3 Å². The molecule has 4 rings (SSSR count). The lowest BCUT2D eigenvalue weighted by Crippen LogP contribution is -2.74. The minimum Gasteiger partial charge on any atom is -0.489 e. The molecule has 2 aromatic rings. The van der Waals surface area contributed by atoms with Crippen LogP contribution in [0.1, 0.15) is 55.0 Å². The van der Waals surface area contributed by atoms with Gasteiger partial charge in [0.25, 0.3) is 5.91 Å². The van der Waals surface area contributed by atoms with Crippen LogP contribution >= 0.6 is 11.6 Å². The number of rotatable bonds is 3. The van der Waals surface area contributed by atoms with Gasteiger partial charge in [0, 0.05) is 22.9 Å². The molecular formula is C24H22ClN3O2. The van der Waals surface area contributed by atoms with E-state index in [9.17, 15) is 4.79 Å². The Bertz CT molecular complexity index is 1120. The highest BCUT2D eigenvalue weighted by Gasteiger charge is 2.67. The van der Waals surface area contributed by atoms with Gasteiger partial charge in [0.1, 0.15) is 23.6 Å². The van der Waals surface area contributed by atoms with Crippen LogP contribution in [0, 0.1) is 34.5 Å². The number of benzene rings is 1. The number of carbonyl (C=O) groups is 1. The van der Waals surface area contributed by atoms with Crippen molar-refractivity contribution in [1.29, 1.82) is 5.26 Å². The highest BCUT2D eigenvalue weighted by molar-refractivity contribution is 6.31. The van der Waals surface area contributed by atoms with Gasteiger partial charge in [-0.3, -0.25) is 4.79 Å². The standard InChI is InChI=1S/C24H22ClN3O2/c1-6-15-8-10-17-19(27-15)13-28(20(17)29)21-23(2,3)22(24(21,4)5)30-16-9-7-14(12-26)18(25)11-16/h1,7-11,21-22H,13H2,2-5H3. The number of carbonyl (C=O) groups excluding carboxylic acids is 1. The van der Waals surface area contributed by atoms with Gasteiger partial charge in [-0.1, -0.05) is 45.2 Å². The van der Waals surface area contributed by atoms with E-state index in [0.717, 1.165) is 5.69 Å². The van der Waals surface area contributed by atoms with Gasteiger partial charge in [-0.2, -0.15) is 5.26 Å². The number of hydrogen-bond donors (Lipinski definition) is 0. The third-order valence-electron chi connectivity index (χ3n) is 6.32. The number of fused-ring (bicyclic) bond motifs is 1. The van der Waals surface area contributed by atoms with Crippen molar-refractivity contribution < 1.29 is 9.53 Å². The summed E-state index contributed by atoms with van der Waals surface area (Å²) >= 11 is 6.17. The number of nitrogens with zero attached hydrogens (tertiary/aromatic N) is 3. The molecule has 0 unspecified atom stereocenters. The highest BCUT2D eigenvalue weighted by Crippen LogP contribution is 2.59. The summed E-state index contributed by atoms with van der Waals surface area (Å²) in [6, 6.07) is 10.6. The van der Waals surface area contributed by atoms with Gasteiger partial charge in [-0.15, -0.1) is 6.42 Å². The fraction of sp³-hybridized carbons (Fsp3) is 0.375. The van der Waals surface area contributed by atoms with Crippen LogP contribution in [0.25, 0.3) is 0 Å². The van der Waals surface area contributed by atoms with Gasteiger partial charge in [0.05, 0.1) is 28.4 Å². The minimum absolute atomic E-state index is 0.0212. The Balaban J connectivity index is 1.60. The molecule has 2 heterocycles. The summed E-state index contributed by atoms with van der Waals surface area (Å²) in [6.07, 6.45) is 5.31. The van der Waals surface area contributed by atoms with Crippen molar-refractivity contribution in [3.8, 4) is 24.2 Å². The summed E-state index contributed by atoms with van der Waals surface area (Å²) < 4.78 is 6.33. The summed E-state index contributed by atoms with van der Waals surface area (Å²) in [6.45, 7) is 8.87. The SMILES string of the molecule is C#Cc1ccc2c(n1)CN(C1C(C)(C)C(Oc3ccc(C#N)c(Cl)c3)C1(C)C)C2=O. The first-order valence-corrected chi connectivity index (χ1v) is 10.1. The summed E-state index contributed by atoms with van der Waals surface area (Å²) in [5, 5.41) is 9.44. The van der Waals surface area contributed by atoms with Gasteiger partial charge in [-0.25, -0.2) is 4.98 Å². The van der Waals surface area contributed by atoms with Gasteiger partial charge in [0.15, 0.2) is 0 Å². The number of ether oxygens (including phenoxy) is 1. The van der Waals surface area contributed by atoms with E-state index in [-0.39, 0.29) is 28.9 Å². The minimum atomic E-state index is -0.309. The zero-order chi connectivity index (χ0) is 21.8. The van der Waals surface area contributed by atoms with Crippen molar-refractivity contribution in [2.45, 2.75) is 46.4 Å². The molecule has 1 aromatic carbocycles. The summed E-state index contributed by atoms with van der Waals surface area (Å²) in [4.78, 5) is 19.5. The molecule has 0 atom stereocenters. The van der Waals surface area contributed by atoms with Crippen LogP contribution in [0.5, 0.6) is 5.75 Å². The third kappa shape index (κ3) is 2.85. The third-order valence-corrected chi connectivity index (χ3v) is 6.63. The Hall–Kier alpha value is -3.02. The van der Waals surface area contributed by atoms with E-state index in [2.05, 4.69) is 44.7 Å². The molecule has 0 bridgehead atoms. The number of nitriles is 1. The first-order chi connectivity index (χ1) is 14.1. The number of pyridine rings is 1. The van der Waals surface area contributed by atoms with E-state index in [1.807, 2.05) is 4.90 Å². The smallest absolute Gasteiger partial charge is 0.256 e. The molecule has 1 fully saturated rings. The second-order valence-electron chi connectivity index (χ2n) is 9.06. The molecular weight excluding hydrogens is 398 g/mol. The van der Waals surface area contributed by atoms with Gasteiger partial charge >= 0.3 is 0 Å². The predicted octanol–water partition coefficient (Wildman–Crippen LogP) is 4.43. The maximum atomic E-state index is 13.1. The maximum absolute atomic E-state index is 13.1. The molecule has 0 N–H and O–H groups in total. The van der Waals surface area contributed by atoms with E-state index in [1.54, 1.807) is 30.3 Å². The summed E-state index contributed by atoms with van der Waals surface area (Å²) in [5.41, 5.74) is 1.67. The van der Waals surface area contributed by atoms with Crippen molar-refractivity contribution in [3.05, 3.63) is 57.9 Å². The molecule has 152 valence electrons. The molecule has 1 aromatic heterocycles. The highest BCUT2D eigenvalue weighted by atomic mass is 35.5. The van der Waals surface area contributed by atoms with Crippen molar-refractivity contribution in [3.63, 3.8) is 0 Å². The second-order valence-corrected chi connectivity index (χ2v) is 9.47. The first kappa shape index (κ1) is 20.3. The van der Waals surface area contributed by atoms with E-state index in [0.29, 0.717) is 34.1 Å². The molecule has 0 spiro atoms. The Morgan fingerprint density at radius 2 is 1.93 bits per heavy atom. The van der Waals surface area contributed by atoms with Gasteiger partial charge in [0.2, 0.25) is 0 Å². The van der Waals surface area contributed by atoms with Crippen LogP contribution in [0.3, 0.4) is 0 Å². The molecule has 5 nitrogen and oxygen atoms in total. The molecule has 0 saturated heterocycles. The van der Waals surface area contributed by atoms with Crippen LogP contribution in [0.2, 0.25) is 5.02 Å².